The number of pyridine rings is 1. The zero-order valence-corrected chi connectivity index (χ0v) is 12.0. The molecule has 0 radical (unpaired) electrons. The first-order valence-electron chi connectivity index (χ1n) is 6.72. The maximum atomic E-state index is 5.83. The first-order chi connectivity index (χ1) is 9.56. The predicted molar refractivity (Wildman–Crippen MR) is 80.9 cm³/mol. The molecule has 0 aliphatic heterocycles. The van der Waals surface area contributed by atoms with Gasteiger partial charge in [-0.15, -0.1) is 0 Å². The highest BCUT2D eigenvalue weighted by Gasteiger charge is 2.08. The Kier molecular flexibility index (Phi) is 3.03. The number of aromatic nitrogens is 3. The van der Waals surface area contributed by atoms with Crippen LogP contribution in [0.15, 0.2) is 36.8 Å². The molecule has 0 saturated heterocycles. The van der Waals surface area contributed by atoms with E-state index in [0.29, 0.717) is 0 Å². The van der Waals surface area contributed by atoms with Crippen molar-refractivity contribution in [2.45, 2.75) is 26.8 Å². The van der Waals surface area contributed by atoms with Crippen LogP contribution in [-0.4, -0.2) is 14.5 Å². The molecule has 0 fully saturated rings. The zero-order chi connectivity index (χ0) is 14.3. The van der Waals surface area contributed by atoms with Gasteiger partial charge in [0.15, 0.2) is 0 Å². The number of benzene rings is 1. The molecule has 1 unspecified atom stereocenters. The molecule has 0 bridgehead atoms. The number of imidazole rings is 1. The summed E-state index contributed by atoms with van der Waals surface area (Å²) in [5.74, 6) is 0. The lowest BCUT2D eigenvalue weighted by Gasteiger charge is -2.08. The maximum absolute atomic E-state index is 5.83. The number of nitrogens with zero attached hydrogens (tertiary/aromatic N) is 3. The predicted octanol–water partition coefficient (Wildman–Crippen LogP) is 3.06. The van der Waals surface area contributed by atoms with Crippen LogP contribution in [0.1, 0.15) is 29.8 Å². The third-order valence-corrected chi connectivity index (χ3v) is 3.68. The second-order valence-corrected chi connectivity index (χ2v) is 5.27. The van der Waals surface area contributed by atoms with Gasteiger partial charge in [0.1, 0.15) is 6.33 Å². The fraction of sp³-hybridized carbons (Fsp3) is 0.250. The molecule has 0 spiro atoms. The van der Waals surface area contributed by atoms with Gasteiger partial charge in [-0.1, -0.05) is 0 Å². The highest BCUT2D eigenvalue weighted by Crippen LogP contribution is 2.21. The van der Waals surface area contributed by atoms with Gasteiger partial charge in [-0.25, -0.2) is 4.98 Å². The van der Waals surface area contributed by atoms with E-state index in [9.17, 15) is 0 Å². The van der Waals surface area contributed by atoms with Crippen molar-refractivity contribution in [2.75, 3.05) is 0 Å². The van der Waals surface area contributed by atoms with Crippen molar-refractivity contribution in [3.8, 4) is 5.69 Å². The number of hydrogen-bond acceptors (Lipinski definition) is 3. The van der Waals surface area contributed by atoms with Crippen molar-refractivity contribution in [3.63, 3.8) is 0 Å². The van der Waals surface area contributed by atoms with Gasteiger partial charge in [-0.3, -0.25) is 9.55 Å². The van der Waals surface area contributed by atoms with E-state index in [0.717, 1.165) is 22.4 Å². The van der Waals surface area contributed by atoms with E-state index in [-0.39, 0.29) is 6.04 Å². The summed E-state index contributed by atoms with van der Waals surface area (Å²) in [6, 6.07) is 8.23. The first-order valence-corrected chi connectivity index (χ1v) is 6.72. The third-order valence-electron chi connectivity index (χ3n) is 3.68. The second-order valence-electron chi connectivity index (χ2n) is 5.27. The molecule has 1 aromatic carbocycles. The van der Waals surface area contributed by atoms with Gasteiger partial charge >= 0.3 is 0 Å². The number of hydrogen-bond donors (Lipinski definition) is 1. The molecule has 3 rings (SSSR count). The van der Waals surface area contributed by atoms with Crippen LogP contribution in [0.2, 0.25) is 0 Å². The van der Waals surface area contributed by atoms with E-state index in [1.54, 1.807) is 0 Å². The van der Waals surface area contributed by atoms with Crippen molar-refractivity contribution >= 4 is 11.0 Å². The van der Waals surface area contributed by atoms with E-state index in [4.69, 9.17) is 5.73 Å². The highest BCUT2D eigenvalue weighted by molar-refractivity contribution is 5.79. The van der Waals surface area contributed by atoms with Crippen molar-refractivity contribution in [1.29, 1.82) is 0 Å². The Morgan fingerprint density at radius 3 is 2.50 bits per heavy atom. The average molecular weight is 266 g/mol. The third kappa shape index (κ3) is 2.08. The summed E-state index contributed by atoms with van der Waals surface area (Å²) in [4.78, 5) is 8.87. The standard InChI is InChI=1S/C16H18N4/c1-10-6-15-16(7-11(10)2)20(9-19-15)13-4-5-14(12(3)17)18-8-13/h4-9,12H,17H2,1-3H3. The lowest BCUT2D eigenvalue weighted by Crippen LogP contribution is -2.07. The molecule has 102 valence electrons. The first kappa shape index (κ1) is 12.8. The number of aryl methyl sites for hydroxylation is 2. The minimum absolute atomic E-state index is 0.0477. The quantitative estimate of drug-likeness (QED) is 0.775. The summed E-state index contributed by atoms with van der Waals surface area (Å²) in [5, 5.41) is 0. The Bertz CT molecular complexity index is 754. The van der Waals surface area contributed by atoms with Crippen molar-refractivity contribution in [3.05, 3.63) is 53.6 Å². The van der Waals surface area contributed by atoms with Crippen LogP contribution in [-0.2, 0) is 0 Å². The van der Waals surface area contributed by atoms with Crippen molar-refractivity contribution in [2.24, 2.45) is 5.73 Å². The minimum Gasteiger partial charge on any atom is -0.323 e. The van der Waals surface area contributed by atoms with Gasteiger partial charge in [0, 0.05) is 6.04 Å². The lowest BCUT2D eigenvalue weighted by molar-refractivity contribution is 0.779. The van der Waals surface area contributed by atoms with Crippen LogP contribution < -0.4 is 5.73 Å². The van der Waals surface area contributed by atoms with Crippen LogP contribution in [0.5, 0.6) is 0 Å². The Morgan fingerprint density at radius 2 is 1.85 bits per heavy atom. The van der Waals surface area contributed by atoms with E-state index in [1.807, 2.05) is 31.6 Å². The van der Waals surface area contributed by atoms with Crippen LogP contribution in [0.25, 0.3) is 16.7 Å². The normalized spacial score (nSPS) is 12.8. The summed E-state index contributed by atoms with van der Waals surface area (Å²) >= 11 is 0. The van der Waals surface area contributed by atoms with Gasteiger partial charge < -0.3 is 5.73 Å². The van der Waals surface area contributed by atoms with Gasteiger partial charge in [0.25, 0.3) is 0 Å². The van der Waals surface area contributed by atoms with Crippen LogP contribution in [0, 0.1) is 13.8 Å². The molecule has 20 heavy (non-hydrogen) atoms. The molecule has 0 saturated carbocycles. The molecule has 2 aromatic heterocycles. The molecule has 4 nitrogen and oxygen atoms in total. The average Bonchev–Trinajstić information content (AvgIpc) is 2.82. The van der Waals surface area contributed by atoms with E-state index >= 15 is 0 Å². The summed E-state index contributed by atoms with van der Waals surface area (Å²) in [6.07, 6.45) is 3.68. The summed E-state index contributed by atoms with van der Waals surface area (Å²) in [7, 11) is 0. The molecule has 0 amide bonds. The van der Waals surface area contributed by atoms with Crippen LogP contribution in [0.4, 0.5) is 0 Å². The van der Waals surface area contributed by atoms with Crippen molar-refractivity contribution in [1.82, 2.24) is 14.5 Å². The van der Waals surface area contributed by atoms with Gasteiger partial charge in [0.05, 0.1) is 28.6 Å². The fourth-order valence-electron chi connectivity index (χ4n) is 2.28. The summed E-state index contributed by atoms with van der Waals surface area (Å²) in [5.41, 5.74) is 12.3. The smallest absolute Gasteiger partial charge is 0.100 e. The topological polar surface area (TPSA) is 56.7 Å². The zero-order valence-electron chi connectivity index (χ0n) is 12.0. The maximum Gasteiger partial charge on any atom is 0.100 e. The largest absolute Gasteiger partial charge is 0.323 e. The van der Waals surface area contributed by atoms with Gasteiger partial charge in [-0.2, -0.15) is 0 Å². The highest BCUT2D eigenvalue weighted by atomic mass is 15.1. The summed E-state index contributed by atoms with van der Waals surface area (Å²) in [6.45, 7) is 6.15. The minimum atomic E-state index is -0.0477. The van der Waals surface area contributed by atoms with E-state index < -0.39 is 0 Å². The Morgan fingerprint density at radius 1 is 1.10 bits per heavy atom. The van der Waals surface area contributed by atoms with Crippen molar-refractivity contribution < 1.29 is 0 Å². The Balaban J connectivity index is 2.12. The molecule has 1 atom stereocenters. The van der Waals surface area contributed by atoms with E-state index in [2.05, 4.69) is 40.5 Å². The molecule has 2 N–H and O–H groups in total. The molecular formula is C16H18N4. The SMILES string of the molecule is Cc1cc2ncn(-c3ccc(C(C)N)nc3)c2cc1C. The molecule has 2 heterocycles. The van der Waals surface area contributed by atoms with Gasteiger partial charge in [-0.05, 0) is 56.2 Å². The molecule has 0 aliphatic carbocycles. The lowest BCUT2D eigenvalue weighted by atomic mass is 10.1. The molecule has 3 aromatic rings. The van der Waals surface area contributed by atoms with Gasteiger partial charge in [0.2, 0.25) is 0 Å². The number of rotatable bonds is 2. The monoisotopic (exact) mass is 266 g/mol. The molecule has 0 aliphatic rings. The van der Waals surface area contributed by atoms with Crippen LogP contribution in [0.3, 0.4) is 0 Å². The Hall–Kier alpha value is -2.20. The van der Waals surface area contributed by atoms with Crippen LogP contribution >= 0.6 is 0 Å². The fourth-order valence-corrected chi connectivity index (χ4v) is 2.28. The molecule has 4 heteroatoms. The number of fused-ring (bicyclic) bond motifs is 1. The van der Waals surface area contributed by atoms with E-state index in [1.165, 1.54) is 11.1 Å². The number of nitrogens with two attached hydrogens (primary N) is 1. The molecular weight excluding hydrogens is 248 g/mol. The second kappa shape index (κ2) is 4.72. The summed E-state index contributed by atoms with van der Waals surface area (Å²) < 4.78 is 2.06. The Labute approximate surface area is 118 Å².